The second kappa shape index (κ2) is 13.8. The van der Waals surface area contributed by atoms with Gasteiger partial charge in [0.2, 0.25) is 0 Å². The number of hydrogen-bond donors (Lipinski definition) is 2. The molecule has 2 N–H and O–H groups in total. The Balaban J connectivity index is 2.51. The molecule has 0 fully saturated rings. The zero-order chi connectivity index (χ0) is 26.8. The van der Waals surface area contributed by atoms with Crippen molar-refractivity contribution in [3.05, 3.63) is 63.6 Å². The molecule has 2 aromatic heterocycles. The van der Waals surface area contributed by atoms with Crippen molar-refractivity contribution in [1.82, 2.24) is 9.97 Å². The molecule has 0 saturated carbocycles. The van der Waals surface area contributed by atoms with Gasteiger partial charge >= 0.3 is 0 Å². The number of carbonyl (C=O) groups excluding carboxylic acids is 1. The lowest BCUT2D eigenvalue weighted by atomic mass is 10.00. The van der Waals surface area contributed by atoms with Gasteiger partial charge in [0.05, 0.1) is 11.4 Å². The molecule has 2 atom stereocenters. The average molecular weight is 489 g/mol. The fourth-order valence-electron chi connectivity index (χ4n) is 3.71. The van der Waals surface area contributed by atoms with E-state index in [1.165, 1.54) is 5.57 Å². The van der Waals surface area contributed by atoms with Gasteiger partial charge in [-0.15, -0.1) is 0 Å². The normalized spacial score (nSPS) is 15.9. The number of nitrogens with one attached hydrogen (secondary N) is 2. The summed E-state index contributed by atoms with van der Waals surface area (Å²) in [5.74, 6) is 0.246. The molecule has 0 radical (unpaired) electrons. The van der Waals surface area contributed by atoms with Gasteiger partial charge in [-0.2, -0.15) is 0 Å². The van der Waals surface area contributed by atoms with Crippen LogP contribution in [0.3, 0.4) is 0 Å². The molecule has 1 amide bonds. The van der Waals surface area contributed by atoms with Gasteiger partial charge in [-0.1, -0.05) is 39.8 Å². The standard InChI is InChI=1S/C31H44N4O/c1-10-20(6)27-17-28(23(9)33-19-27)35-31(36)24(13-4)15-26-16-29(34-30(26)21(7)11-2)25(14-5)18-32-22(8)12-3/h13-20,22,34H,10-12H2,1-9H3,(H,35,36)/b24-13+,25-14+,26-15-,30-21?,32-18?. The monoisotopic (exact) mass is 488 g/mol. The summed E-state index contributed by atoms with van der Waals surface area (Å²) < 4.78 is 0. The van der Waals surface area contributed by atoms with Gasteiger partial charge in [-0.05, 0) is 89.1 Å². The van der Waals surface area contributed by atoms with E-state index in [0.29, 0.717) is 11.5 Å². The van der Waals surface area contributed by atoms with Crippen molar-refractivity contribution >= 4 is 35.0 Å². The van der Waals surface area contributed by atoms with Crippen molar-refractivity contribution in [2.24, 2.45) is 4.99 Å². The van der Waals surface area contributed by atoms with Crippen LogP contribution in [-0.4, -0.2) is 28.1 Å². The van der Waals surface area contributed by atoms with Crippen molar-refractivity contribution < 1.29 is 4.79 Å². The first-order valence-electron chi connectivity index (χ1n) is 13.2. The first kappa shape index (κ1) is 29.0. The number of nitrogens with zero attached hydrogens (tertiary/aromatic N) is 2. The van der Waals surface area contributed by atoms with Crippen LogP contribution in [0.4, 0.5) is 5.69 Å². The Morgan fingerprint density at radius 1 is 1.14 bits per heavy atom. The summed E-state index contributed by atoms with van der Waals surface area (Å²) in [6.07, 6.45) is 12.7. The van der Waals surface area contributed by atoms with Crippen LogP contribution in [0.15, 0.2) is 41.0 Å². The molecule has 2 aromatic rings. The van der Waals surface area contributed by atoms with E-state index < -0.39 is 0 Å². The predicted molar refractivity (Wildman–Crippen MR) is 156 cm³/mol. The van der Waals surface area contributed by atoms with Gasteiger partial charge in [-0.25, -0.2) is 0 Å². The van der Waals surface area contributed by atoms with Gasteiger partial charge in [-0.3, -0.25) is 14.8 Å². The highest BCUT2D eigenvalue weighted by Crippen LogP contribution is 2.23. The summed E-state index contributed by atoms with van der Waals surface area (Å²) in [7, 11) is 0. The van der Waals surface area contributed by atoms with E-state index in [2.05, 4.69) is 74.0 Å². The Morgan fingerprint density at radius 3 is 2.44 bits per heavy atom. The largest absolute Gasteiger partial charge is 0.355 e. The Bertz CT molecular complexity index is 1260. The number of pyridine rings is 1. The second-order valence-corrected chi connectivity index (χ2v) is 9.48. The number of amides is 1. The van der Waals surface area contributed by atoms with Crippen molar-refractivity contribution in [2.45, 2.75) is 93.5 Å². The molecule has 0 aliphatic carbocycles. The van der Waals surface area contributed by atoms with Crippen molar-refractivity contribution in [3.8, 4) is 0 Å². The number of carbonyl (C=O) groups is 1. The maximum absolute atomic E-state index is 13.3. The van der Waals surface area contributed by atoms with Crippen molar-refractivity contribution in [3.63, 3.8) is 0 Å². The van der Waals surface area contributed by atoms with Crippen molar-refractivity contribution in [2.75, 3.05) is 5.32 Å². The number of aryl methyl sites for hydroxylation is 1. The van der Waals surface area contributed by atoms with E-state index in [9.17, 15) is 4.79 Å². The van der Waals surface area contributed by atoms with Gasteiger partial charge in [0, 0.05) is 45.9 Å². The first-order valence-corrected chi connectivity index (χ1v) is 13.2. The fraction of sp³-hybridized carbons (Fsp3) is 0.452. The number of H-pyrrole nitrogens is 1. The Labute approximate surface area is 217 Å². The Morgan fingerprint density at radius 2 is 1.86 bits per heavy atom. The molecule has 2 unspecified atom stereocenters. The third kappa shape index (κ3) is 7.39. The highest BCUT2D eigenvalue weighted by molar-refractivity contribution is 6.10. The number of allylic oxidation sites excluding steroid dienone is 3. The van der Waals surface area contributed by atoms with E-state index in [4.69, 9.17) is 0 Å². The zero-order valence-electron chi connectivity index (χ0n) is 23.6. The summed E-state index contributed by atoms with van der Waals surface area (Å²) in [4.78, 5) is 26.1. The number of aromatic amines is 1. The lowest BCUT2D eigenvalue weighted by molar-refractivity contribution is -0.112. The highest BCUT2D eigenvalue weighted by atomic mass is 16.1. The molecule has 5 heteroatoms. The maximum Gasteiger partial charge on any atom is 0.255 e. The lowest BCUT2D eigenvalue weighted by Gasteiger charge is -2.13. The molecular weight excluding hydrogens is 444 g/mol. The van der Waals surface area contributed by atoms with Crippen LogP contribution in [0, 0.1) is 6.92 Å². The van der Waals surface area contributed by atoms with Crippen LogP contribution in [0.1, 0.15) is 97.5 Å². The van der Waals surface area contributed by atoms with E-state index in [0.717, 1.165) is 58.0 Å². The predicted octanol–water partition coefficient (Wildman–Crippen LogP) is 6.45. The van der Waals surface area contributed by atoms with Crippen LogP contribution >= 0.6 is 0 Å². The third-order valence-corrected chi connectivity index (χ3v) is 6.91. The van der Waals surface area contributed by atoms with Gasteiger partial charge < -0.3 is 10.3 Å². The minimum atomic E-state index is -0.142. The highest BCUT2D eigenvalue weighted by Gasteiger charge is 2.13. The second-order valence-electron chi connectivity index (χ2n) is 9.48. The molecule has 0 bridgehead atoms. The fourth-order valence-corrected chi connectivity index (χ4v) is 3.71. The van der Waals surface area contributed by atoms with Gasteiger partial charge in [0.15, 0.2) is 0 Å². The minimum absolute atomic E-state index is 0.142. The van der Waals surface area contributed by atoms with Gasteiger partial charge in [0.25, 0.3) is 5.91 Å². The SMILES string of the molecule is C/C=C(\C=NC(C)CC)c1c/c(=C/C(=C\C)C(=O)Nc2cc(C(C)CC)cnc2C)c(=C(C)CC)[nH]1. The summed E-state index contributed by atoms with van der Waals surface area (Å²) in [6.45, 7) is 18.7. The van der Waals surface area contributed by atoms with E-state index in [-0.39, 0.29) is 11.9 Å². The quantitative estimate of drug-likeness (QED) is 0.298. The summed E-state index contributed by atoms with van der Waals surface area (Å²) in [5.41, 5.74) is 6.57. The van der Waals surface area contributed by atoms with Crippen molar-refractivity contribution in [1.29, 1.82) is 0 Å². The molecule has 0 aromatic carbocycles. The Hall–Kier alpha value is -3.21. The molecule has 0 aliphatic heterocycles. The smallest absolute Gasteiger partial charge is 0.255 e. The number of aromatic nitrogens is 2. The molecule has 2 heterocycles. The van der Waals surface area contributed by atoms with E-state index in [1.807, 2.05) is 51.4 Å². The summed E-state index contributed by atoms with van der Waals surface area (Å²) in [5, 5.41) is 5.13. The number of rotatable bonds is 10. The lowest BCUT2D eigenvalue weighted by Crippen LogP contribution is -2.26. The van der Waals surface area contributed by atoms with Crippen LogP contribution in [-0.2, 0) is 4.79 Å². The Kier molecular flexibility index (Phi) is 11.1. The molecule has 36 heavy (non-hydrogen) atoms. The third-order valence-electron chi connectivity index (χ3n) is 6.91. The molecule has 2 rings (SSSR count). The molecule has 194 valence electrons. The zero-order valence-corrected chi connectivity index (χ0v) is 23.6. The van der Waals surface area contributed by atoms with Crippen LogP contribution in [0.2, 0.25) is 0 Å². The van der Waals surface area contributed by atoms with E-state index in [1.54, 1.807) is 0 Å². The molecule has 0 saturated heterocycles. The summed E-state index contributed by atoms with van der Waals surface area (Å²) in [6, 6.07) is 4.44. The molecular formula is C31H44N4O. The van der Waals surface area contributed by atoms with Crippen LogP contribution in [0.5, 0.6) is 0 Å². The average Bonchev–Trinajstić information content (AvgIpc) is 3.31. The van der Waals surface area contributed by atoms with E-state index >= 15 is 0 Å². The van der Waals surface area contributed by atoms with Crippen LogP contribution < -0.4 is 15.9 Å². The van der Waals surface area contributed by atoms with Crippen LogP contribution in [0.25, 0.3) is 17.2 Å². The first-order chi connectivity index (χ1) is 17.2. The molecule has 0 spiro atoms. The molecule has 5 nitrogen and oxygen atoms in total. The van der Waals surface area contributed by atoms with Gasteiger partial charge in [0.1, 0.15) is 0 Å². The minimum Gasteiger partial charge on any atom is -0.355 e. The topological polar surface area (TPSA) is 70.1 Å². The maximum atomic E-state index is 13.3. The number of hydrogen-bond acceptors (Lipinski definition) is 3. The summed E-state index contributed by atoms with van der Waals surface area (Å²) >= 11 is 0. The molecule has 0 aliphatic rings. The number of anilines is 1. The number of aliphatic imine (C=N–C) groups is 1.